The standard InChI is InChI=1S/C12H22N4/c1-2-6-10-15-11(12(13)16(10)14)9-7-4-3-5-8-9/h9H,2-8,13-14H2,1H3. The Labute approximate surface area is 97.0 Å². The zero-order valence-corrected chi connectivity index (χ0v) is 10.1. The van der Waals surface area contributed by atoms with Gasteiger partial charge in [0.2, 0.25) is 0 Å². The van der Waals surface area contributed by atoms with Crippen LogP contribution in [0.1, 0.15) is 62.9 Å². The summed E-state index contributed by atoms with van der Waals surface area (Å²) in [4.78, 5) is 4.64. The van der Waals surface area contributed by atoms with Crippen LogP contribution in [-0.2, 0) is 6.42 Å². The van der Waals surface area contributed by atoms with Gasteiger partial charge in [-0.2, -0.15) is 0 Å². The molecule has 0 saturated heterocycles. The van der Waals surface area contributed by atoms with Crippen molar-refractivity contribution in [1.29, 1.82) is 0 Å². The van der Waals surface area contributed by atoms with E-state index in [1.807, 2.05) is 0 Å². The quantitative estimate of drug-likeness (QED) is 0.770. The number of hydrogen-bond donors (Lipinski definition) is 2. The number of anilines is 1. The van der Waals surface area contributed by atoms with Crippen LogP contribution in [0, 0.1) is 0 Å². The van der Waals surface area contributed by atoms with E-state index in [2.05, 4.69) is 11.9 Å². The Bertz CT molecular complexity index is 350. The van der Waals surface area contributed by atoms with E-state index in [1.165, 1.54) is 32.1 Å². The van der Waals surface area contributed by atoms with Crippen molar-refractivity contribution in [3.8, 4) is 0 Å². The first-order valence-electron chi connectivity index (χ1n) is 6.36. The fraction of sp³-hybridized carbons (Fsp3) is 0.750. The van der Waals surface area contributed by atoms with Gasteiger partial charge >= 0.3 is 0 Å². The highest BCUT2D eigenvalue weighted by molar-refractivity contribution is 5.41. The van der Waals surface area contributed by atoms with Crippen LogP contribution in [0.4, 0.5) is 5.82 Å². The number of nitrogens with two attached hydrogens (primary N) is 2. The summed E-state index contributed by atoms with van der Waals surface area (Å²) in [6.45, 7) is 2.13. The van der Waals surface area contributed by atoms with Crippen molar-refractivity contribution in [3.63, 3.8) is 0 Å². The van der Waals surface area contributed by atoms with E-state index in [1.54, 1.807) is 4.68 Å². The molecule has 0 aliphatic heterocycles. The van der Waals surface area contributed by atoms with Crippen LogP contribution in [0.25, 0.3) is 0 Å². The van der Waals surface area contributed by atoms with Crippen LogP contribution in [0.15, 0.2) is 0 Å². The normalized spacial score (nSPS) is 17.8. The van der Waals surface area contributed by atoms with Crippen molar-refractivity contribution in [2.75, 3.05) is 11.6 Å². The molecule has 1 aliphatic carbocycles. The fourth-order valence-corrected chi connectivity index (χ4v) is 2.59. The molecule has 0 bridgehead atoms. The molecule has 4 nitrogen and oxygen atoms in total. The van der Waals surface area contributed by atoms with Crippen LogP contribution in [0.2, 0.25) is 0 Å². The zero-order chi connectivity index (χ0) is 11.5. The molecule has 0 spiro atoms. The van der Waals surface area contributed by atoms with Gasteiger partial charge < -0.3 is 11.6 Å². The van der Waals surface area contributed by atoms with Crippen LogP contribution < -0.4 is 11.6 Å². The minimum Gasteiger partial charge on any atom is -0.382 e. The molecule has 0 amide bonds. The molecular weight excluding hydrogens is 200 g/mol. The van der Waals surface area contributed by atoms with Gasteiger partial charge in [-0.05, 0) is 19.3 Å². The molecule has 1 aromatic heterocycles. The van der Waals surface area contributed by atoms with E-state index < -0.39 is 0 Å². The predicted octanol–water partition coefficient (Wildman–Crippen LogP) is 2.18. The summed E-state index contributed by atoms with van der Waals surface area (Å²) < 4.78 is 1.58. The van der Waals surface area contributed by atoms with Gasteiger partial charge in [0.05, 0.1) is 5.69 Å². The number of hydrogen-bond acceptors (Lipinski definition) is 3. The number of aryl methyl sites for hydroxylation is 1. The maximum absolute atomic E-state index is 6.04. The minimum absolute atomic E-state index is 0.536. The van der Waals surface area contributed by atoms with Crippen molar-refractivity contribution in [3.05, 3.63) is 11.5 Å². The van der Waals surface area contributed by atoms with E-state index in [4.69, 9.17) is 11.6 Å². The lowest BCUT2D eigenvalue weighted by molar-refractivity contribution is 0.438. The lowest BCUT2D eigenvalue weighted by atomic mass is 9.87. The summed E-state index contributed by atoms with van der Waals surface area (Å²) in [5.41, 5.74) is 7.09. The van der Waals surface area contributed by atoms with Gasteiger partial charge in [0.25, 0.3) is 0 Å². The highest BCUT2D eigenvalue weighted by Gasteiger charge is 2.23. The summed E-state index contributed by atoms with van der Waals surface area (Å²) in [5, 5.41) is 0. The minimum atomic E-state index is 0.536. The summed E-state index contributed by atoms with van der Waals surface area (Å²) >= 11 is 0. The third-order valence-corrected chi connectivity index (χ3v) is 3.52. The Morgan fingerprint density at radius 1 is 1.31 bits per heavy atom. The molecule has 2 rings (SSSR count). The average molecular weight is 222 g/mol. The Hall–Kier alpha value is -1.19. The molecule has 16 heavy (non-hydrogen) atoms. The third kappa shape index (κ3) is 2.01. The Kier molecular flexibility index (Phi) is 3.36. The molecule has 0 radical (unpaired) electrons. The van der Waals surface area contributed by atoms with E-state index in [0.717, 1.165) is 24.4 Å². The number of imidazole rings is 1. The van der Waals surface area contributed by atoms with Crippen molar-refractivity contribution in [2.45, 2.75) is 57.8 Å². The highest BCUT2D eigenvalue weighted by atomic mass is 15.4. The fourth-order valence-electron chi connectivity index (χ4n) is 2.59. The molecule has 0 aromatic carbocycles. The maximum atomic E-state index is 6.04. The zero-order valence-electron chi connectivity index (χ0n) is 10.1. The molecule has 90 valence electrons. The van der Waals surface area contributed by atoms with Crippen LogP contribution >= 0.6 is 0 Å². The Balaban J connectivity index is 2.22. The maximum Gasteiger partial charge on any atom is 0.146 e. The van der Waals surface area contributed by atoms with Gasteiger partial charge in [0, 0.05) is 12.3 Å². The van der Waals surface area contributed by atoms with Gasteiger partial charge in [0.1, 0.15) is 11.6 Å². The molecule has 1 heterocycles. The molecule has 1 aliphatic rings. The number of aromatic nitrogens is 2. The monoisotopic (exact) mass is 222 g/mol. The SMILES string of the molecule is CCCc1nc(C2CCCCC2)c(N)n1N. The van der Waals surface area contributed by atoms with Crippen molar-refractivity contribution >= 4 is 5.82 Å². The third-order valence-electron chi connectivity index (χ3n) is 3.52. The van der Waals surface area contributed by atoms with Gasteiger partial charge in [-0.15, -0.1) is 0 Å². The molecular formula is C12H22N4. The summed E-state index contributed by atoms with van der Waals surface area (Å²) in [7, 11) is 0. The first-order valence-corrected chi connectivity index (χ1v) is 6.36. The average Bonchev–Trinajstić information content (AvgIpc) is 2.59. The summed E-state index contributed by atoms with van der Waals surface area (Å²) in [5.74, 6) is 8.07. The van der Waals surface area contributed by atoms with Crippen LogP contribution in [0.3, 0.4) is 0 Å². The number of rotatable bonds is 3. The molecule has 4 heteroatoms. The van der Waals surface area contributed by atoms with Crippen molar-refractivity contribution in [1.82, 2.24) is 9.66 Å². The molecule has 1 aromatic rings. The number of nitrogen functional groups attached to an aromatic ring is 2. The van der Waals surface area contributed by atoms with Gasteiger partial charge in [-0.1, -0.05) is 26.2 Å². The van der Waals surface area contributed by atoms with E-state index >= 15 is 0 Å². The predicted molar refractivity (Wildman–Crippen MR) is 66.6 cm³/mol. The molecule has 0 unspecified atom stereocenters. The second kappa shape index (κ2) is 4.76. The topological polar surface area (TPSA) is 69.9 Å². The molecule has 0 atom stereocenters. The van der Waals surface area contributed by atoms with Crippen molar-refractivity contribution < 1.29 is 0 Å². The number of nitrogens with zero attached hydrogens (tertiary/aromatic N) is 2. The lowest BCUT2D eigenvalue weighted by Crippen LogP contribution is -2.16. The summed E-state index contributed by atoms with van der Waals surface area (Å²) in [6, 6.07) is 0. The first-order chi connectivity index (χ1) is 7.74. The van der Waals surface area contributed by atoms with E-state index in [9.17, 15) is 0 Å². The van der Waals surface area contributed by atoms with Crippen LogP contribution in [-0.4, -0.2) is 9.66 Å². The van der Waals surface area contributed by atoms with Gasteiger partial charge in [-0.3, -0.25) is 0 Å². The largest absolute Gasteiger partial charge is 0.382 e. The Morgan fingerprint density at radius 3 is 2.62 bits per heavy atom. The van der Waals surface area contributed by atoms with Crippen molar-refractivity contribution in [2.24, 2.45) is 0 Å². The second-order valence-corrected chi connectivity index (χ2v) is 4.75. The van der Waals surface area contributed by atoms with Gasteiger partial charge in [-0.25, -0.2) is 9.66 Å². The smallest absolute Gasteiger partial charge is 0.146 e. The van der Waals surface area contributed by atoms with E-state index in [0.29, 0.717) is 11.7 Å². The highest BCUT2D eigenvalue weighted by Crippen LogP contribution is 2.34. The second-order valence-electron chi connectivity index (χ2n) is 4.75. The first kappa shape index (κ1) is 11.3. The molecule has 4 N–H and O–H groups in total. The summed E-state index contributed by atoms with van der Waals surface area (Å²) in [6.07, 6.45) is 8.33. The van der Waals surface area contributed by atoms with Crippen LogP contribution in [0.5, 0.6) is 0 Å². The van der Waals surface area contributed by atoms with E-state index in [-0.39, 0.29) is 0 Å². The Morgan fingerprint density at radius 2 is 2.00 bits per heavy atom. The molecule has 1 fully saturated rings. The van der Waals surface area contributed by atoms with Gasteiger partial charge in [0.15, 0.2) is 0 Å². The lowest BCUT2D eigenvalue weighted by Gasteiger charge is -2.20. The molecule has 1 saturated carbocycles.